The predicted molar refractivity (Wildman–Crippen MR) is 80.8 cm³/mol. The van der Waals surface area contributed by atoms with E-state index in [0.29, 0.717) is 12.2 Å². The number of unbranched alkanes of at least 4 members (excludes halogenated alkanes) is 4. The third-order valence-corrected chi connectivity index (χ3v) is 2.88. The summed E-state index contributed by atoms with van der Waals surface area (Å²) in [5.41, 5.74) is 0.461. The number of ether oxygens (including phenoxy) is 2. The van der Waals surface area contributed by atoms with Gasteiger partial charge in [0, 0.05) is 5.57 Å². The topological polar surface area (TPSA) is 35.5 Å². The molecule has 0 atom stereocenters. The van der Waals surface area contributed by atoms with Gasteiger partial charge in [0.15, 0.2) is 0 Å². The molecule has 0 saturated heterocycles. The Hall–Kier alpha value is -1.77. The number of carbonyl (C=O) groups excluding carboxylic acids is 1. The summed E-state index contributed by atoms with van der Waals surface area (Å²) in [6, 6.07) is 9.86. The summed E-state index contributed by atoms with van der Waals surface area (Å²) < 4.78 is 10.6. The number of para-hydroxylation sites is 1. The SMILES string of the molecule is C=C(C)C(=O)OCCCCCCCOc1ccccc1. The smallest absolute Gasteiger partial charge is 0.333 e. The summed E-state index contributed by atoms with van der Waals surface area (Å²) in [6.07, 6.45) is 5.33. The Kier molecular flexibility index (Phi) is 8.20. The third-order valence-electron chi connectivity index (χ3n) is 2.88. The Morgan fingerprint density at radius 2 is 1.60 bits per heavy atom. The monoisotopic (exact) mass is 276 g/mol. The van der Waals surface area contributed by atoms with E-state index in [1.807, 2.05) is 30.3 Å². The summed E-state index contributed by atoms with van der Waals surface area (Å²) in [4.78, 5) is 11.1. The van der Waals surface area contributed by atoms with Gasteiger partial charge in [0.2, 0.25) is 0 Å². The first-order chi connectivity index (χ1) is 9.70. The molecule has 0 radical (unpaired) electrons. The van der Waals surface area contributed by atoms with Crippen molar-refractivity contribution >= 4 is 5.97 Å². The van der Waals surface area contributed by atoms with Crippen LogP contribution in [-0.2, 0) is 9.53 Å². The minimum absolute atomic E-state index is 0.290. The number of benzene rings is 1. The van der Waals surface area contributed by atoms with E-state index < -0.39 is 0 Å². The first-order valence-electron chi connectivity index (χ1n) is 7.20. The molecule has 0 aliphatic carbocycles. The first kappa shape index (κ1) is 16.3. The van der Waals surface area contributed by atoms with Gasteiger partial charge in [0.25, 0.3) is 0 Å². The Morgan fingerprint density at radius 1 is 1.00 bits per heavy atom. The van der Waals surface area contributed by atoms with Crippen LogP contribution < -0.4 is 4.74 Å². The summed E-state index contributed by atoms with van der Waals surface area (Å²) in [6.45, 7) is 6.45. The predicted octanol–water partition coefficient (Wildman–Crippen LogP) is 4.14. The van der Waals surface area contributed by atoms with Crippen LogP contribution in [0.2, 0.25) is 0 Å². The van der Waals surface area contributed by atoms with Crippen LogP contribution in [0.15, 0.2) is 42.5 Å². The van der Waals surface area contributed by atoms with Gasteiger partial charge in [0.05, 0.1) is 13.2 Å². The molecule has 20 heavy (non-hydrogen) atoms. The number of rotatable bonds is 10. The highest BCUT2D eigenvalue weighted by molar-refractivity contribution is 5.86. The van der Waals surface area contributed by atoms with Crippen LogP contribution in [0.5, 0.6) is 5.75 Å². The fraction of sp³-hybridized carbons (Fsp3) is 0.471. The van der Waals surface area contributed by atoms with Crippen molar-refractivity contribution in [3.8, 4) is 5.75 Å². The Balaban J connectivity index is 1.88. The van der Waals surface area contributed by atoms with E-state index in [4.69, 9.17) is 9.47 Å². The van der Waals surface area contributed by atoms with Gasteiger partial charge in [-0.25, -0.2) is 4.79 Å². The zero-order valence-electron chi connectivity index (χ0n) is 12.3. The standard InChI is InChI=1S/C17H24O3/c1-15(2)17(18)20-14-10-5-3-4-9-13-19-16-11-7-6-8-12-16/h6-8,11-12H,1,3-5,9-10,13-14H2,2H3. The maximum Gasteiger partial charge on any atom is 0.333 e. The summed E-state index contributed by atoms with van der Waals surface area (Å²) in [5, 5.41) is 0. The molecule has 0 aliphatic rings. The third kappa shape index (κ3) is 7.62. The molecule has 0 spiro atoms. The molecule has 0 unspecified atom stereocenters. The van der Waals surface area contributed by atoms with Crippen LogP contribution in [0, 0.1) is 0 Å². The van der Waals surface area contributed by atoms with Crippen LogP contribution in [0.25, 0.3) is 0 Å². The molecule has 0 bridgehead atoms. The number of carbonyl (C=O) groups is 1. The zero-order chi connectivity index (χ0) is 14.6. The van der Waals surface area contributed by atoms with E-state index in [0.717, 1.165) is 44.5 Å². The lowest BCUT2D eigenvalue weighted by atomic mass is 10.1. The maximum atomic E-state index is 11.1. The van der Waals surface area contributed by atoms with Crippen molar-refractivity contribution in [2.24, 2.45) is 0 Å². The van der Waals surface area contributed by atoms with Crippen LogP contribution in [0.1, 0.15) is 39.0 Å². The highest BCUT2D eigenvalue weighted by Crippen LogP contribution is 2.10. The van der Waals surface area contributed by atoms with Crippen molar-refractivity contribution in [1.29, 1.82) is 0 Å². The van der Waals surface area contributed by atoms with E-state index >= 15 is 0 Å². The molecule has 3 nitrogen and oxygen atoms in total. The highest BCUT2D eigenvalue weighted by Gasteiger charge is 2.01. The molecule has 0 heterocycles. The van der Waals surface area contributed by atoms with Gasteiger partial charge < -0.3 is 9.47 Å². The number of esters is 1. The van der Waals surface area contributed by atoms with Crippen molar-refractivity contribution in [3.05, 3.63) is 42.5 Å². The van der Waals surface area contributed by atoms with Gasteiger partial charge in [0.1, 0.15) is 5.75 Å². The van der Waals surface area contributed by atoms with Gasteiger partial charge in [-0.2, -0.15) is 0 Å². The molecule has 0 aliphatic heterocycles. The van der Waals surface area contributed by atoms with E-state index in [9.17, 15) is 4.79 Å². The molecule has 0 N–H and O–H groups in total. The second-order valence-electron chi connectivity index (χ2n) is 4.85. The van der Waals surface area contributed by atoms with E-state index in [1.165, 1.54) is 0 Å². The molecule has 0 amide bonds. The lowest BCUT2D eigenvalue weighted by Gasteiger charge is -2.06. The van der Waals surface area contributed by atoms with E-state index in [-0.39, 0.29) is 5.97 Å². The van der Waals surface area contributed by atoms with Crippen LogP contribution in [0.3, 0.4) is 0 Å². The molecule has 1 rings (SSSR count). The quantitative estimate of drug-likeness (QED) is 0.366. The van der Waals surface area contributed by atoms with Crippen molar-refractivity contribution in [2.75, 3.05) is 13.2 Å². The van der Waals surface area contributed by atoms with E-state index in [1.54, 1.807) is 6.92 Å². The molecular weight excluding hydrogens is 252 g/mol. The highest BCUT2D eigenvalue weighted by atomic mass is 16.5. The lowest BCUT2D eigenvalue weighted by Crippen LogP contribution is -2.06. The minimum Gasteiger partial charge on any atom is -0.494 e. The van der Waals surface area contributed by atoms with Gasteiger partial charge in [-0.1, -0.05) is 44.0 Å². The average molecular weight is 276 g/mol. The fourth-order valence-electron chi connectivity index (χ4n) is 1.73. The van der Waals surface area contributed by atoms with Gasteiger partial charge in [-0.15, -0.1) is 0 Å². The van der Waals surface area contributed by atoms with Crippen molar-refractivity contribution in [3.63, 3.8) is 0 Å². The normalized spacial score (nSPS) is 10.1. The maximum absolute atomic E-state index is 11.1. The molecule has 110 valence electrons. The lowest BCUT2D eigenvalue weighted by molar-refractivity contribution is -0.139. The summed E-state index contributed by atoms with van der Waals surface area (Å²) in [7, 11) is 0. The fourth-order valence-corrected chi connectivity index (χ4v) is 1.73. The molecule has 1 aromatic rings. The van der Waals surface area contributed by atoms with Crippen molar-refractivity contribution in [2.45, 2.75) is 39.0 Å². The van der Waals surface area contributed by atoms with Gasteiger partial charge >= 0.3 is 5.97 Å². The molecular formula is C17H24O3. The van der Waals surface area contributed by atoms with Crippen molar-refractivity contribution < 1.29 is 14.3 Å². The van der Waals surface area contributed by atoms with Crippen molar-refractivity contribution in [1.82, 2.24) is 0 Å². The average Bonchev–Trinajstić information content (AvgIpc) is 2.46. The summed E-state index contributed by atoms with van der Waals surface area (Å²) in [5.74, 6) is 0.639. The summed E-state index contributed by atoms with van der Waals surface area (Å²) >= 11 is 0. The second kappa shape index (κ2) is 10.1. The Labute approximate surface area is 121 Å². The van der Waals surface area contributed by atoms with Crippen LogP contribution in [-0.4, -0.2) is 19.2 Å². The number of hydrogen-bond acceptors (Lipinski definition) is 3. The molecule has 0 saturated carbocycles. The van der Waals surface area contributed by atoms with Crippen LogP contribution >= 0.6 is 0 Å². The first-order valence-corrected chi connectivity index (χ1v) is 7.20. The van der Waals surface area contributed by atoms with E-state index in [2.05, 4.69) is 6.58 Å². The molecule has 0 aromatic heterocycles. The largest absolute Gasteiger partial charge is 0.494 e. The molecule has 3 heteroatoms. The van der Waals surface area contributed by atoms with Crippen LogP contribution in [0.4, 0.5) is 0 Å². The van der Waals surface area contributed by atoms with Gasteiger partial charge in [-0.3, -0.25) is 0 Å². The zero-order valence-corrected chi connectivity index (χ0v) is 12.3. The Bertz CT molecular complexity index is 398. The second-order valence-corrected chi connectivity index (χ2v) is 4.85. The Morgan fingerprint density at radius 3 is 2.25 bits per heavy atom. The molecule has 0 fully saturated rings. The molecule has 1 aromatic carbocycles. The van der Waals surface area contributed by atoms with Gasteiger partial charge in [-0.05, 0) is 31.9 Å². The minimum atomic E-state index is -0.290. The number of hydrogen-bond donors (Lipinski definition) is 0.